The fourth-order valence-corrected chi connectivity index (χ4v) is 4.48. The molecule has 0 spiro atoms. The molecular weight excluding hydrogens is 400 g/mol. The molecule has 0 bridgehead atoms. The Bertz CT molecular complexity index is 1130. The third-order valence-electron chi connectivity index (χ3n) is 5.79. The van der Waals surface area contributed by atoms with E-state index in [2.05, 4.69) is 0 Å². The normalized spacial score (nSPS) is 14.4. The summed E-state index contributed by atoms with van der Waals surface area (Å²) < 4.78 is 11.1. The van der Waals surface area contributed by atoms with Gasteiger partial charge in [0, 0.05) is 6.42 Å². The lowest BCUT2D eigenvalue weighted by atomic mass is 9.64. The van der Waals surface area contributed by atoms with Crippen LogP contribution in [0.15, 0.2) is 84.9 Å². The molecule has 162 valence electrons. The first kappa shape index (κ1) is 21.6. The SMILES string of the molecule is CCOC(=O)C1(C(=O)OCC)Cc2ccccc2C(c2ccccc2)=C1c1ccccc1. The van der Waals surface area contributed by atoms with E-state index < -0.39 is 17.4 Å². The van der Waals surface area contributed by atoms with E-state index in [9.17, 15) is 9.59 Å². The average molecular weight is 427 g/mol. The van der Waals surface area contributed by atoms with Crippen LogP contribution in [-0.2, 0) is 25.5 Å². The van der Waals surface area contributed by atoms with Gasteiger partial charge < -0.3 is 9.47 Å². The minimum atomic E-state index is -1.60. The monoisotopic (exact) mass is 426 g/mol. The van der Waals surface area contributed by atoms with Crippen LogP contribution in [0.2, 0.25) is 0 Å². The minimum Gasteiger partial charge on any atom is -0.465 e. The maximum atomic E-state index is 13.6. The van der Waals surface area contributed by atoms with Crippen molar-refractivity contribution >= 4 is 23.1 Å². The number of carbonyl (C=O) groups is 2. The summed E-state index contributed by atoms with van der Waals surface area (Å²) in [6, 6.07) is 27.4. The van der Waals surface area contributed by atoms with E-state index in [-0.39, 0.29) is 19.6 Å². The van der Waals surface area contributed by atoms with E-state index in [0.29, 0.717) is 5.57 Å². The highest BCUT2D eigenvalue weighted by Crippen LogP contribution is 2.51. The van der Waals surface area contributed by atoms with Gasteiger partial charge in [0.05, 0.1) is 13.2 Å². The highest BCUT2D eigenvalue weighted by molar-refractivity contribution is 6.20. The molecule has 0 radical (unpaired) electrons. The van der Waals surface area contributed by atoms with Gasteiger partial charge in [0.2, 0.25) is 0 Å². The molecule has 1 aliphatic rings. The first-order valence-corrected chi connectivity index (χ1v) is 10.9. The highest BCUT2D eigenvalue weighted by Gasteiger charge is 2.56. The summed E-state index contributed by atoms with van der Waals surface area (Å²) in [7, 11) is 0. The van der Waals surface area contributed by atoms with E-state index in [0.717, 1.165) is 27.8 Å². The van der Waals surface area contributed by atoms with Crippen molar-refractivity contribution in [2.45, 2.75) is 20.3 Å². The Labute approximate surface area is 188 Å². The molecule has 1 aliphatic carbocycles. The summed E-state index contributed by atoms with van der Waals surface area (Å²) in [5.41, 5.74) is 3.50. The second-order valence-corrected chi connectivity index (χ2v) is 7.66. The Kier molecular flexibility index (Phi) is 6.22. The van der Waals surface area contributed by atoms with Crippen LogP contribution >= 0.6 is 0 Å². The smallest absolute Gasteiger partial charge is 0.328 e. The zero-order chi connectivity index (χ0) is 22.6. The number of esters is 2. The molecule has 0 fully saturated rings. The molecule has 0 saturated heterocycles. The lowest BCUT2D eigenvalue weighted by molar-refractivity contribution is -0.167. The Morgan fingerprint density at radius 1 is 0.719 bits per heavy atom. The largest absolute Gasteiger partial charge is 0.465 e. The lowest BCUT2D eigenvalue weighted by Crippen LogP contribution is -2.47. The van der Waals surface area contributed by atoms with Crippen LogP contribution in [0.5, 0.6) is 0 Å². The lowest BCUT2D eigenvalue weighted by Gasteiger charge is -2.38. The number of hydrogen-bond donors (Lipinski definition) is 0. The van der Waals surface area contributed by atoms with Crippen molar-refractivity contribution in [3.8, 4) is 0 Å². The van der Waals surface area contributed by atoms with Gasteiger partial charge in [0.1, 0.15) is 0 Å². The number of benzene rings is 3. The molecule has 0 saturated carbocycles. The van der Waals surface area contributed by atoms with Gasteiger partial charge >= 0.3 is 11.9 Å². The first-order valence-electron chi connectivity index (χ1n) is 10.9. The third-order valence-corrected chi connectivity index (χ3v) is 5.79. The van der Waals surface area contributed by atoms with E-state index in [4.69, 9.17) is 9.47 Å². The van der Waals surface area contributed by atoms with Crippen molar-refractivity contribution in [1.29, 1.82) is 0 Å². The maximum Gasteiger partial charge on any atom is 0.328 e. The molecule has 4 rings (SSSR count). The van der Waals surface area contributed by atoms with Crippen molar-refractivity contribution in [3.05, 3.63) is 107 Å². The Morgan fingerprint density at radius 2 is 1.22 bits per heavy atom. The summed E-state index contributed by atoms with van der Waals surface area (Å²) >= 11 is 0. The van der Waals surface area contributed by atoms with Crippen LogP contribution in [0.1, 0.15) is 36.1 Å². The number of ether oxygens (including phenoxy) is 2. The fourth-order valence-electron chi connectivity index (χ4n) is 4.48. The summed E-state index contributed by atoms with van der Waals surface area (Å²) in [6.45, 7) is 3.84. The average Bonchev–Trinajstić information content (AvgIpc) is 2.84. The van der Waals surface area contributed by atoms with Crippen LogP contribution in [0.3, 0.4) is 0 Å². The van der Waals surface area contributed by atoms with Crippen LogP contribution in [-0.4, -0.2) is 25.2 Å². The topological polar surface area (TPSA) is 52.6 Å². The fraction of sp³-hybridized carbons (Fsp3) is 0.214. The van der Waals surface area contributed by atoms with Gasteiger partial charge in [0.15, 0.2) is 5.41 Å². The standard InChI is InChI=1S/C28H26O4/c1-3-31-26(29)28(27(30)32-4-2)19-22-17-11-12-18-23(22)24(20-13-7-5-8-14-20)25(28)21-15-9-6-10-16-21/h5-18H,3-4,19H2,1-2H3. The molecule has 0 atom stereocenters. The number of rotatable bonds is 6. The number of hydrogen-bond acceptors (Lipinski definition) is 4. The van der Waals surface area contributed by atoms with Crippen molar-refractivity contribution in [3.63, 3.8) is 0 Å². The molecule has 0 unspecified atom stereocenters. The molecule has 4 nitrogen and oxygen atoms in total. The Morgan fingerprint density at radius 3 is 1.78 bits per heavy atom. The van der Waals surface area contributed by atoms with E-state index in [1.165, 1.54) is 0 Å². The highest BCUT2D eigenvalue weighted by atomic mass is 16.6. The first-order chi connectivity index (χ1) is 15.6. The third kappa shape index (κ3) is 3.62. The maximum absolute atomic E-state index is 13.6. The van der Waals surface area contributed by atoms with Crippen molar-refractivity contribution in [2.24, 2.45) is 5.41 Å². The molecule has 0 heterocycles. The Hall–Kier alpha value is -3.66. The van der Waals surface area contributed by atoms with Crippen molar-refractivity contribution in [1.82, 2.24) is 0 Å². The van der Waals surface area contributed by atoms with Crippen molar-refractivity contribution < 1.29 is 19.1 Å². The van der Waals surface area contributed by atoms with Gasteiger partial charge in [-0.05, 0) is 47.2 Å². The van der Waals surface area contributed by atoms with Gasteiger partial charge in [0.25, 0.3) is 0 Å². The number of fused-ring (bicyclic) bond motifs is 1. The molecule has 3 aromatic carbocycles. The summed E-state index contributed by atoms with van der Waals surface area (Å²) in [6.07, 6.45) is 0.182. The number of carbonyl (C=O) groups excluding carboxylic acids is 2. The summed E-state index contributed by atoms with van der Waals surface area (Å²) in [5, 5.41) is 0. The van der Waals surface area contributed by atoms with Crippen LogP contribution in [0.25, 0.3) is 11.1 Å². The molecular formula is C28H26O4. The summed E-state index contributed by atoms with van der Waals surface area (Å²) in [5.74, 6) is -1.17. The minimum absolute atomic E-state index is 0.171. The van der Waals surface area contributed by atoms with Gasteiger partial charge in [-0.1, -0.05) is 84.9 Å². The second kappa shape index (κ2) is 9.23. The second-order valence-electron chi connectivity index (χ2n) is 7.66. The van der Waals surface area contributed by atoms with E-state index >= 15 is 0 Å². The zero-order valence-corrected chi connectivity index (χ0v) is 18.3. The molecule has 32 heavy (non-hydrogen) atoms. The predicted octanol–water partition coefficient (Wildman–Crippen LogP) is 5.31. The Balaban J connectivity index is 2.16. The predicted molar refractivity (Wildman–Crippen MR) is 125 cm³/mol. The van der Waals surface area contributed by atoms with Crippen LogP contribution in [0.4, 0.5) is 0 Å². The zero-order valence-electron chi connectivity index (χ0n) is 18.3. The van der Waals surface area contributed by atoms with Crippen LogP contribution in [0, 0.1) is 5.41 Å². The summed E-state index contributed by atoms with van der Waals surface area (Å²) in [4.78, 5) is 27.3. The molecule has 0 aromatic heterocycles. The molecule has 4 heteroatoms. The quantitative estimate of drug-likeness (QED) is 0.396. The van der Waals surface area contributed by atoms with Gasteiger partial charge in [-0.3, -0.25) is 9.59 Å². The van der Waals surface area contributed by atoms with E-state index in [1.807, 2.05) is 84.9 Å². The molecule has 0 aliphatic heterocycles. The van der Waals surface area contributed by atoms with Gasteiger partial charge in [-0.25, -0.2) is 0 Å². The molecule has 0 amide bonds. The molecule has 3 aromatic rings. The van der Waals surface area contributed by atoms with Crippen LogP contribution < -0.4 is 0 Å². The van der Waals surface area contributed by atoms with E-state index in [1.54, 1.807) is 13.8 Å². The van der Waals surface area contributed by atoms with Gasteiger partial charge in [-0.2, -0.15) is 0 Å². The molecule has 0 N–H and O–H groups in total. The van der Waals surface area contributed by atoms with Gasteiger partial charge in [-0.15, -0.1) is 0 Å². The van der Waals surface area contributed by atoms with Crippen molar-refractivity contribution in [2.75, 3.05) is 13.2 Å².